The van der Waals surface area contributed by atoms with E-state index in [1.54, 1.807) is 6.07 Å². The van der Waals surface area contributed by atoms with E-state index in [1.807, 2.05) is 0 Å². The van der Waals surface area contributed by atoms with E-state index in [0.717, 1.165) is 12.1 Å². The number of halogens is 2. The number of nitrogens with one attached hydrogen (secondary N) is 1. The monoisotopic (exact) mass is 322 g/mol. The molecule has 5 nitrogen and oxygen atoms in total. The van der Waals surface area contributed by atoms with Crippen LogP contribution in [0.1, 0.15) is 23.0 Å². The van der Waals surface area contributed by atoms with Gasteiger partial charge < -0.3 is 15.2 Å². The summed E-state index contributed by atoms with van der Waals surface area (Å²) in [4.78, 5) is 15.9. The van der Waals surface area contributed by atoms with Crippen LogP contribution in [0.2, 0.25) is 0 Å². The van der Waals surface area contributed by atoms with E-state index in [0.29, 0.717) is 11.8 Å². The molecule has 2 aromatic rings. The van der Waals surface area contributed by atoms with E-state index in [4.69, 9.17) is 4.74 Å². The topological polar surface area (TPSA) is 71.5 Å². The van der Waals surface area contributed by atoms with Gasteiger partial charge in [0.25, 0.3) is 5.91 Å². The second-order valence-electron chi connectivity index (χ2n) is 5.16. The summed E-state index contributed by atoms with van der Waals surface area (Å²) in [7, 11) is 1.46. The highest BCUT2D eigenvalue weighted by atomic mass is 19.1. The lowest BCUT2D eigenvalue weighted by Gasteiger charge is -2.24. The molecule has 23 heavy (non-hydrogen) atoms. The van der Waals surface area contributed by atoms with Crippen molar-refractivity contribution < 1.29 is 23.4 Å². The Hall–Kier alpha value is -2.54. The lowest BCUT2D eigenvalue weighted by molar-refractivity contribution is 0.0493. The van der Waals surface area contributed by atoms with Gasteiger partial charge in [-0.2, -0.15) is 0 Å². The predicted octanol–water partition coefficient (Wildman–Crippen LogP) is 2.01. The van der Waals surface area contributed by atoms with Crippen LogP contribution in [0.4, 0.5) is 8.78 Å². The fourth-order valence-corrected chi connectivity index (χ4v) is 2.03. The average Bonchev–Trinajstić information content (AvgIpc) is 2.52. The highest BCUT2D eigenvalue weighted by molar-refractivity contribution is 5.92. The molecule has 7 heteroatoms. The Morgan fingerprint density at radius 1 is 1.35 bits per heavy atom. The van der Waals surface area contributed by atoms with Crippen molar-refractivity contribution in [3.63, 3.8) is 0 Å². The molecule has 0 aliphatic heterocycles. The summed E-state index contributed by atoms with van der Waals surface area (Å²) in [5.41, 5.74) is -1.72. The van der Waals surface area contributed by atoms with Crippen LogP contribution in [0.25, 0.3) is 0 Å². The molecule has 0 saturated heterocycles. The van der Waals surface area contributed by atoms with Crippen molar-refractivity contribution in [2.75, 3.05) is 13.7 Å². The van der Waals surface area contributed by atoms with Crippen LogP contribution in [0, 0.1) is 11.6 Å². The third-order valence-electron chi connectivity index (χ3n) is 3.30. The van der Waals surface area contributed by atoms with Gasteiger partial charge >= 0.3 is 0 Å². The molecule has 122 valence electrons. The minimum absolute atomic E-state index is 0.0970. The van der Waals surface area contributed by atoms with Gasteiger partial charge in [-0.3, -0.25) is 9.78 Å². The van der Waals surface area contributed by atoms with Crippen molar-refractivity contribution in [3.05, 3.63) is 59.4 Å². The predicted molar refractivity (Wildman–Crippen MR) is 79.1 cm³/mol. The number of hydrogen-bond acceptors (Lipinski definition) is 4. The summed E-state index contributed by atoms with van der Waals surface area (Å²) in [6, 6.07) is 5.87. The number of pyridine rings is 1. The van der Waals surface area contributed by atoms with Crippen molar-refractivity contribution >= 4 is 5.91 Å². The SMILES string of the molecule is COc1ccnc(C(=O)NCC(C)(O)c2ccc(F)cc2F)c1. The van der Waals surface area contributed by atoms with E-state index in [1.165, 1.54) is 26.3 Å². The minimum Gasteiger partial charge on any atom is -0.497 e. The number of benzene rings is 1. The van der Waals surface area contributed by atoms with Crippen LogP contribution in [-0.4, -0.2) is 29.7 Å². The van der Waals surface area contributed by atoms with Gasteiger partial charge in [-0.1, -0.05) is 6.07 Å². The summed E-state index contributed by atoms with van der Waals surface area (Å²) in [5.74, 6) is -1.72. The Balaban J connectivity index is 2.10. The van der Waals surface area contributed by atoms with Crippen molar-refractivity contribution in [3.8, 4) is 5.75 Å². The first kappa shape index (κ1) is 16.8. The maximum Gasteiger partial charge on any atom is 0.270 e. The molecule has 0 radical (unpaired) electrons. The largest absolute Gasteiger partial charge is 0.497 e. The molecule has 0 aliphatic carbocycles. The first-order valence-electron chi connectivity index (χ1n) is 6.79. The van der Waals surface area contributed by atoms with E-state index in [-0.39, 0.29) is 17.8 Å². The van der Waals surface area contributed by atoms with Crippen molar-refractivity contribution in [1.82, 2.24) is 10.3 Å². The lowest BCUT2D eigenvalue weighted by Crippen LogP contribution is -2.39. The van der Waals surface area contributed by atoms with E-state index < -0.39 is 23.1 Å². The van der Waals surface area contributed by atoms with Crippen LogP contribution in [0.5, 0.6) is 5.75 Å². The zero-order valence-corrected chi connectivity index (χ0v) is 12.6. The van der Waals surface area contributed by atoms with Gasteiger partial charge in [0.1, 0.15) is 28.7 Å². The van der Waals surface area contributed by atoms with E-state index >= 15 is 0 Å². The van der Waals surface area contributed by atoms with Gasteiger partial charge in [0.2, 0.25) is 0 Å². The molecule has 2 rings (SSSR count). The Morgan fingerprint density at radius 2 is 2.09 bits per heavy atom. The number of rotatable bonds is 5. The van der Waals surface area contributed by atoms with Crippen molar-refractivity contribution in [2.45, 2.75) is 12.5 Å². The van der Waals surface area contributed by atoms with Crippen LogP contribution in [0.3, 0.4) is 0 Å². The molecule has 0 aliphatic rings. The molecule has 2 N–H and O–H groups in total. The molecule has 1 atom stereocenters. The van der Waals surface area contributed by atoms with Gasteiger partial charge in [-0.05, 0) is 19.1 Å². The van der Waals surface area contributed by atoms with E-state index in [2.05, 4.69) is 10.3 Å². The maximum absolute atomic E-state index is 13.8. The first-order chi connectivity index (χ1) is 10.8. The van der Waals surface area contributed by atoms with Crippen molar-refractivity contribution in [2.24, 2.45) is 0 Å². The fourth-order valence-electron chi connectivity index (χ4n) is 2.03. The number of aromatic nitrogens is 1. The molecular weight excluding hydrogens is 306 g/mol. The van der Waals surface area contributed by atoms with Crippen molar-refractivity contribution in [1.29, 1.82) is 0 Å². The molecular formula is C16H16F2N2O3. The van der Waals surface area contributed by atoms with E-state index in [9.17, 15) is 18.7 Å². The number of carbonyl (C=O) groups is 1. The Kier molecular flexibility index (Phi) is 4.90. The first-order valence-corrected chi connectivity index (χ1v) is 6.79. The van der Waals surface area contributed by atoms with Gasteiger partial charge in [0, 0.05) is 23.9 Å². The Bertz CT molecular complexity index is 720. The number of nitrogens with zero attached hydrogens (tertiary/aromatic N) is 1. The zero-order valence-electron chi connectivity index (χ0n) is 12.6. The summed E-state index contributed by atoms with van der Waals surface area (Å²) in [6.45, 7) is 1.05. The minimum atomic E-state index is -1.70. The van der Waals surface area contributed by atoms with Crippen LogP contribution in [0.15, 0.2) is 36.5 Å². The molecule has 1 unspecified atom stereocenters. The molecule has 0 saturated carbocycles. The number of methoxy groups -OCH3 is 1. The molecule has 1 heterocycles. The molecule has 0 bridgehead atoms. The lowest BCUT2D eigenvalue weighted by atomic mass is 9.95. The highest BCUT2D eigenvalue weighted by Gasteiger charge is 2.27. The summed E-state index contributed by atoms with van der Waals surface area (Å²) in [6.07, 6.45) is 1.41. The summed E-state index contributed by atoms with van der Waals surface area (Å²) < 4.78 is 31.7. The third kappa shape index (κ3) is 4.01. The quantitative estimate of drug-likeness (QED) is 0.883. The Morgan fingerprint density at radius 3 is 2.74 bits per heavy atom. The smallest absolute Gasteiger partial charge is 0.270 e. The number of carbonyl (C=O) groups excluding carboxylic acids is 1. The number of hydrogen-bond donors (Lipinski definition) is 2. The van der Waals surface area contributed by atoms with Crippen LogP contribution in [-0.2, 0) is 5.60 Å². The number of aliphatic hydroxyl groups is 1. The normalized spacial score (nSPS) is 13.3. The second-order valence-corrected chi connectivity index (χ2v) is 5.16. The highest BCUT2D eigenvalue weighted by Crippen LogP contribution is 2.23. The molecule has 1 aromatic carbocycles. The molecule has 1 amide bonds. The van der Waals surface area contributed by atoms with Gasteiger partial charge in [-0.15, -0.1) is 0 Å². The maximum atomic E-state index is 13.8. The van der Waals surface area contributed by atoms with Gasteiger partial charge in [0.05, 0.1) is 13.7 Å². The summed E-state index contributed by atoms with van der Waals surface area (Å²) in [5, 5.41) is 12.8. The molecule has 0 fully saturated rings. The third-order valence-corrected chi connectivity index (χ3v) is 3.30. The van der Waals surface area contributed by atoms with Gasteiger partial charge in [-0.25, -0.2) is 8.78 Å². The Labute approximate surface area is 131 Å². The molecule has 1 aromatic heterocycles. The average molecular weight is 322 g/mol. The van der Waals surface area contributed by atoms with Crippen LogP contribution < -0.4 is 10.1 Å². The van der Waals surface area contributed by atoms with Crippen LogP contribution >= 0.6 is 0 Å². The standard InChI is InChI=1S/C16H16F2N2O3/c1-16(22,12-4-3-10(17)7-13(12)18)9-20-15(21)14-8-11(23-2)5-6-19-14/h3-8,22H,9H2,1-2H3,(H,20,21). The summed E-state index contributed by atoms with van der Waals surface area (Å²) >= 11 is 0. The number of ether oxygens (including phenoxy) is 1. The number of amides is 1. The fraction of sp³-hybridized carbons (Fsp3) is 0.250. The van der Waals surface area contributed by atoms with Gasteiger partial charge in [0.15, 0.2) is 0 Å². The molecule has 0 spiro atoms. The zero-order chi connectivity index (χ0) is 17.0. The second kappa shape index (κ2) is 6.70.